The monoisotopic (exact) mass is 384 g/mol. The summed E-state index contributed by atoms with van der Waals surface area (Å²) in [6.07, 6.45) is 8.20. The molecule has 2 unspecified atom stereocenters. The summed E-state index contributed by atoms with van der Waals surface area (Å²) < 4.78 is 0. The number of hydrogen-bond donors (Lipinski definition) is 0. The first kappa shape index (κ1) is 25.0. The van der Waals surface area contributed by atoms with Gasteiger partial charge in [-0.1, -0.05) is 99.8 Å². The average molecular weight is 385 g/mol. The lowest BCUT2D eigenvalue weighted by molar-refractivity contribution is 0.441. The molecule has 0 aliphatic heterocycles. The highest BCUT2D eigenvalue weighted by atomic mass is 14.6. The van der Waals surface area contributed by atoms with Gasteiger partial charge in [-0.05, 0) is 64.0 Å². The molecule has 0 N–H and O–H groups in total. The predicted octanol–water partition coefficient (Wildman–Crippen LogP) is 8.97. The number of rotatable bonds is 7. The fourth-order valence-electron chi connectivity index (χ4n) is 4.48. The minimum absolute atomic E-state index is 0.213. The summed E-state index contributed by atoms with van der Waals surface area (Å²) in [6, 6.07) is 7.60. The van der Waals surface area contributed by atoms with Gasteiger partial charge in [0.05, 0.1) is 0 Å². The summed E-state index contributed by atoms with van der Waals surface area (Å²) in [4.78, 5) is 0. The van der Waals surface area contributed by atoms with Gasteiger partial charge in [0.1, 0.15) is 0 Å². The minimum Gasteiger partial charge on any atom is -0.106 e. The summed E-state index contributed by atoms with van der Waals surface area (Å²) in [7, 11) is 0. The van der Waals surface area contributed by atoms with Crippen molar-refractivity contribution in [1.29, 1.82) is 0 Å². The Morgan fingerprint density at radius 2 is 1.46 bits per heavy atom. The topological polar surface area (TPSA) is 0 Å². The van der Waals surface area contributed by atoms with Gasteiger partial charge < -0.3 is 0 Å². The van der Waals surface area contributed by atoms with E-state index in [1.807, 2.05) is 0 Å². The molecule has 0 saturated heterocycles. The van der Waals surface area contributed by atoms with Gasteiger partial charge >= 0.3 is 0 Å². The van der Waals surface area contributed by atoms with Crippen LogP contribution in [0.15, 0.2) is 31.4 Å². The Morgan fingerprint density at radius 3 is 1.86 bits per heavy atom. The van der Waals surface area contributed by atoms with Crippen LogP contribution in [0.1, 0.15) is 118 Å². The Bertz CT molecular complexity index is 578. The van der Waals surface area contributed by atoms with Crippen LogP contribution in [0.3, 0.4) is 0 Å². The van der Waals surface area contributed by atoms with Crippen LogP contribution in [0.25, 0.3) is 0 Å². The zero-order valence-electron chi connectivity index (χ0n) is 20.5. The molecule has 0 aromatic heterocycles. The first-order valence-electron chi connectivity index (χ1n) is 11.6. The SMILES string of the molecule is C=C.CCCC1(c2cc(C(C)(C)C)cc(C(C)(C)C)c2)CC1CC[C@H](C)CC. The van der Waals surface area contributed by atoms with E-state index in [4.69, 9.17) is 0 Å². The third kappa shape index (κ3) is 5.98. The van der Waals surface area contributed by atoms with Crippen LogP contribution in [0.2, 0.25) is 0 Å². The van der Waals surface area contributed by atoms with Gasteiger partial charge in [0.2, 0.25) is 0 Å². The zero-order valence-corrected chi connectivity index (χ0v) is 20.5. The second kappa shape index (κ2) is 9.64. The maximum absolute atomic E-state index is 3.00. The van der Waals surface area contributed by atoms with Crippen molar-refractivity contribution < 1.29 is 0 Å². The Hall–Kier alpha value is -1.04. The highest BCUT2D eigenvalue weighted by Crippen LogP contribution is 2.60. The molecule has 1 fully saturated rings. The molecule has 0 amide bonds. The van der Waals surface area contributed by atoms with Crippen molar-refractivity contribution in [3.05, 3.63) is 48.0 Å². The normalized spacial score (nSPS) is 23.0. The first-order valence-corrected chi connectivity index (χ1v) is 11.6. The molecule has 1 aliphatic rings. The Morgan fingerprint density at radius 1 is 0.964 bits per heavy atom. The Kier molecular flexibility index (Phi) is 8.61. The highest BCUT2D eigenvalue weighted by Gasteiger charge is 2.53. The zero-order chi connectivity index (χ0) is 21.8. The number of benzene rings is 1. The van der Waals surface area contributed by atoms with Crippen molar-refractivity contribution in [2.75, 3.05) is 0 Å². The lowest BCUT2D eigenvalue weighted by atomic mass is 9.76. The van der Waals surface area contributed by atoms with Crippen molar-refractivity contribution >= 4 is 0 Å². The molecule has 160 valence electrons. The van der Waals surface area contributed by atoms with Crippen molar-refractivity contribution in [3.8, 4) is 0 Å². The van der Waals surface area contributed by atoms with Gasteiger partial charge in [0.25, 0.3) is 0 Å². The van der Waals surface area contributed by atoms with Gasteiger partial charge in [-0.3, -0.25) is 0 Å². The quantitative estimate of drug-likeness (QED) is 0.411. The molecule has 28 heavy (non-hydrogen) atoms. The molecule has 0 radical (unpaired) electrons. The molecule has 1 aromatic carbocycles. The van der Waals surface area contributed by atoms with E-state index in [2.05, 4.69) is 93.7 Å². The van der Waals surface area contributed by atoms with Crippen LogP contribution in [0.5, 0.6) is 0 Å². The molecule has 1 aliphatic carbocycles. The van der Waals surface area contributed by atoms with Crippen LogP contribution in [-0.4, -0.2) is 0 Å². The largest absolute Gasteiger partial charge is 0.106 e. The van der Waals surface area contributed by atoms with Gasteiger partial charge in [-0.15, -0.1) is 13.2 Å². The first-order chi connectivity index (χ1) is 12.9. The lowest BCUT2D eigenvalue weighted by Crippen LogP contribution is -2.20. The van der Waals surface area contributed by atoms with E-state index in [1.165, 1.54) is 49.7 Å². The third-order valence-electron chi connectivity index (χ3n) is 6.87. The van der Waals surface area contributed by atoms with Crippen LogP contribution < -0.4 is 0 Å². The van der Waals surface area contributed by atoms with E-state index < -0.39 is 0 Å². The van der Waals surface area contributed by atoms with Gasteiger partial charge in [0, 0.05) is 0 Å². The summed E-state index contributed by atoms with van der Waals surface area (Å²) >= 11 is 0. The summed E-state index contributed by atoms with van der Waals surface area (Å²) in [5, 5.41) is 0. The van der Waals surface area contributed by atoms with Crippen LogP contribution in [0, 0.1) is 11.8 Å². The van der Waals surface area contributed by atoms with E-state index in [1.54, 1.807) is 5.56 Å². The fourth-order valence-corrected chi connectivity index (χ4v) is 4.48. The fraction of sp³-hybridized carbons (Fsp3) is 0.714. The van der Waals surface area contributed by atoms with Crippen molar-refractivity contribution in [3.63, 3.8) is 0 Å². The van der Waals surface area contributed by atoms with Gasteiger partial charge in [-0.2, -0.15) is 0 Å². The molecule has 0 spiro atoms. The smallest absolute Gasteiger partial charge is 0.00154 e. The molecule has 0 heteroatoms. The van der Waals surface area contributed by atoms with E-state index in [-0.39, 0.29) is 10.8 Å². The second-order valence-corrected chi connectivity index (χ2v) is 11.2. The maximum Gasteiger partial charge on any atom is -0.00154 e. The molecule has 1 saturated carbocycles. The Balaban J connectivity index is 0.00000190. The molecule has 1 aromatic rings. The van der Waals surface area contributed by atoms with Crippen molar-refractivity contribution in [2.24, 2.45) is 11.8 Å². The summed E-state index contributed by atoms with van der Waals surface area (Å²) in [5.41, 5.74) is 5.57. The van der Waals surface area contributed by atoms with Crippen molar-refractivity contribution in [2.45, 2.75) is 117 Å². The molecule has 0 heterocycles. The third-order valence-corrected chi connectivity index (χ3v) is 6.87. The molecule has 3 atom stereocenters. The number of hydrogen-bond acceptors (Lipinski definition) is 0. The van der Waals surface area contributed by atoms with Crippen LogP contribution in [0.4, 0.5) is 0 Å². The molecule has 2 rings (SSSR count). The molecule has 0 bridgehead atoms. The van der Waals surface area contributed by atoms with E-state index in [9.17, 15) is 0 Å². The van der Waals surface area contributed by atoms with Crippen LogP contribution in [-0.2, 0) is 16.2 Å². The maximum atomic E-state index is 3.00. The highest BCUT2D eigenvalue weighted by molar-refractivity contribution is 5.44. The van der Waals surface area contributed by atoms with Gasteiger partial charge in [0.15, 0.2) is 0 Å². The van der Waals surface area contributed by atoms with Gasteiger partial charge in [-0.25, -0.2) is 0 Å². The van der Waals surface area contributed by atoms with Crippen LogP contribution >= 0.6 is 0 Å². The molecular formula is C28H48. The standard InChI is InChI=1S/C26H44.C2H4/c1-10-14-26(18-20(26)13-12-19(3)11-2)23-16-21(24(4,5)6)15-22(17-23)25(7,8)9;1-2/h15-17,19-20H,10-14,18H2,1-9H3;1-2H2/t19-,20?,26?;/m1./s1. The second-order valence-electron chi connectivity index (χ2n) is 11.2. The minimum atomic E-state index is 0.213. The van der Waals surface area contributed by atoms with Crippen molar-refractivity contribution in [1.82, 2.24) is 0 Å². The van der Waals surface area contributed by atoms with E-state index in [0.717, 1.165) is 11.8 Å². The van der Waals surface area contributed by atoms with E-state index >= 15 is 0 Å². The average Bonchev–Trinajstić information content (AvgIpc) is 3.34. The van der Waals surface area contributed by atoms with E-state index in [0.29, 0.717) is 5.41 Å². The molecular weight excluding hydrogens is 336 g/mol. The predicted molar refractivity (Wildman–Crippen MR) is 128 cm³/mol. The Labute approximate surface area is 177 Å². The summed E-state index contributed by atoms with van der Waals surface area (Å²) in [6.45, 7) is 27.3. The lowest BCUT2D eigenvalue weighted by Gasteiger charge is -2.29. The molecule has 0 nitrogen and oxygen atoms in total. The summed E-state index contributed by atoms with van der Waals surface area (Å²) in [5.74, 6) is 1.78.